The Hall–Kier alpha value is -2.47. The first-order chi connectivity index (χ1) is 11.7. The number of nitrogens with zero attached hydrogens (tertiary/aromatic N) is 3. The van der Waals surface area contributed by atoms with Crippen molar-refractivity contribution < 1.29 is 9.53 Å². The van der Waals surface area contributed by atoms with Gasteiger partial charge in [-0.15, -0.1) is 0 Å². The van der Waals surface area contributed by atoms with Crippen LogP contribution < -0.4 is 10.1 Å². The Morgan fingerprint density at radius 2 is 2.17 bits per heavy atom. The molecule has 126 valence electrons. The molecule has 0 bridgehead atoms. The van der Waals surface area contributed by atoms with Crippen molar-refractivity contribution in [3.8, 4) is 5.75 Å². The van der Waals surface area contributed by atoms with E-state index in [0.717, 1.165) is 30.8 Å². The number of benzene rings is 1. The van der Waals surface area contributed by atoms with Crippen molar-refractivity contribution in [3.05, 3.63) is 48.0 Å². The second-order valence-corrected chi connectivity index (χ2v) is 5.99. The minimum atomic E-state index is -0.168. The number of likely N-dealkylation sites (tertiary alicyclic amines) is 1. The zero-order valence-corrected chi connectivity index (χ0v) is 14.0. The summed E-state index contributed by atoms with van der Waals surface area (Å²) in [6.07, 6.45) is 5.29. The largest absolute Gasteiger partial charge is 0.495 e. The highest BCUT2D eigenvalue weighted by Crippen LogP contribution is 2.27. The summed E-state index contributed by atoms with van der Waals surface area (Å²) < 4.78 is 5.34. The Morgan fingerprint density at radius 1 is 1.38 bits per heavy atom. The molecule has 1 saturated heterocycles. The van der Waals surface area contributed by atoms with E-state index in [0.29, 0.717) is 18.0 Å². The van der Waals surface area contributed by atoms with Gasteiger partial charge in [-0.3, -0.25) is 9.69 Å². The molecule has 0 aliphatic carbocycles. The first-order valence-electron chi connectivity index (χ1n) is 8.13. The SMILES string of the molecule is COc1ccc(C)cc1NC(=O)C1CCCN1Cc1ncccn1. The van der Waals surface area contributed by atoms with Gasteiger partial charge in [-0.2, -0.15) is 0 Å². The van der Waals surface area contributed by atoms with Crippen LogP contribution in [0.25, 0.3) is 0 Å². The van der Waals surface area contributed by atoms with E-state index in [2.05, 4.69) is 20.2 Å². The Bertz CT molecular complexity index is 705. The number of aromatic nitrogens is 2. The number of hydrogen-bond acceptors (Lipinski definition) is 5. The molecule has 6 heteroatoms. The van der Waals surface area contributed by atoms with E-state index in [4.69, 9.17) is 4.74 Å². The van der Waals surface area contributed by atoms with E-state index in [9.17, 15) is 4.79 Å². The third-order valence-electron chi connectivity index (χ3n) is 4.24. The van der Waals surface area contributed by atoms with Gasteiger partial charge in [-0.1, -0.05) is 6.07 Å². The molecule has 1 atom stereocenters. The van der Waals surface area contributed by atoms with Crippen LogP contribution in [0.3, 0.4) is 0 Å². The number of rotatable bonds is 5. The lowest BCUT2D eigenvalue weighted by atomic mass is 10.1. The predicted octanol–water partition coefficient (Wildman–Crippen LogP) is 2.40. The number of amides is 1. The van der Waals surface area contributed by atoms with Gasteiger partial charge < -0.3 is 10.1 Å². The van der Waals surface area contributed by atoms with Gasteiger partial charge in [0.1, 0.15) is 11.6 Å². The lowest BCUT2D eigenvalue weighted by Gasteiger charge is -2.23. The van der Waals surface area contributed by atoms with Crippen LogP contribution in [0, 0.1) is 6.92 Å². The van der Waals surface area contributed by atoms with Crippen LogP contribution in [-0.2, 0) is 11.3 Å². The third-order valence-corrected chi connectivity index (χ3v) is 4.24. The first kappa shape index (κ1) is 16.4. The van der Waals surface area contributed by atoms with Gasteiger partial charge >= 0.3 is 0 Å². The summed E-state index contributed by atoms with van der Waals surface area (Å²) in [5.74, 6) is 1.41. The van der Waals surface area contributed by atoms with Crippen molar-refractivity contribution in [2.24, 2.45) is 0 Å². The van der Waals surface area contributed by atoms with Crippen LogP contribution in [0.2, 0.25) is 0 Å². The van der Waals surface area contributed by atoms with Crippen molar-refractivity contribution in [2.45, 2.75) is 32.4 Å². The molecule has 0 radical (unpaired) electrons. The quantitative estimate of drug-likeness (QED) is 0.914. The highest BCUT2D eigenvalue weighted by molar-refractivity contribution is 5.96. The maximum absolute atomic E-state index is 12.7. The number of carbonyl (C=O) groups is 1. The summed E-state index contributed by atoms with van der Waals surface area (Å²) in [7, 11) is 1.61. The Morgan fingerprint density at radius 3 is 2.92 bits per heavy atom. The van der Waals surface area contributed by atoms with Gasteiger partial charge in [0.25, 0.3) is 0 Å². The van der Waals surface area contributed by atoms with Crippen LogP contribution in [0.1, 0.15) is 24.2 Å². The molecule has 1 fully saturated rings. The molecule has 1 aliphatic rings. The second-order valence-electron chi connectivity index (χ2n) is 5.99. The zero-order valence-electron chi connectivity index (χ0n) is 14.0. The maximum Gasteiger partial charge on any atom is 0.241 e. The number of ether oxygens (including phenoxy) is 1. The Kier molecular flexibility index (Phi) is 5.05. The van der Waals surface area contributed by atoms with Crippen molar-refractivity contribution in [1.82, 2.24) is 14.9 Å². The van der Waals surface area contributed by atoms with E-state index in [1.807, 2.05) is 25.1 Å². The fourth-order valence-electron chi connectivity index (χ4n) is 3.04. The first-order valence-corrected chi connectivity index (χ1v) is 8.13. The Labute approximate surface area is 141 Å². The number of aryl methyl sites for hydroxylation is 1. The lowest BCUT2D eigenvalue weighted by Crippen LogP contribution is -2.39. The van der Waals surface area contributed by atoms with Crippen LogP contribution in [0.4, 0.5) is 5.69 Å². The number of carbonyl (C=O) groups excluding carboxylic acids is 1. The zero-order chi connectivity index (χ0) is 16.9. The molecular weight excluding hydrogens is 304 g/mol. The summed E-state index contributed by atoms with van der Waals surface area (Å²) in [6, 6.07) is 7.38. The highest BCUT2D eigenvalue weighted by Gasteiger charge is 2.31. The molecule has 0 spiro atoms. The van der Waals surface area contributed by atoms with E-state index < -0.39 is 0 Å². The normalized spacial score (nSPS) is 17.7. The summed E-state index contributed by atoms with van der Waals surface area (Å²) in [4.78, 5) is 23.4. The summed E-state index contributed by atoms with van der Waals surface area (Å²) in [6.45, 7) is 3.45. The van der Waals surface area contributed by atoms with Crippen molar-refractivity contribution in [1.29, 1.82) is 0 Å². The van der Waals surface area contributed by atoms with E-state index in [-0.39, 0.29) is 11.9 Å². The Balaban J connectivity index is 1.71. The average Bonchev–Trinajstić information content (AvgIpc) is 3.04. The molecule has 2 aromatic rings. The van der Waals surface area contributed by atoms with Crippen molar-refractivity contribution in [3.63, 3.8) is 0 Å². The summed E-state index contributed by atoms with van der Waals surface area (Å²) in [5.41, 5.74) is 1.79. The topological polar surface area (TPSA) is 67.3 Å². The van der Waals surface area contributed by atoms with E-state index in [1.165, 1.54) is 0 Å². The number of methoxy groups -OCH3 is 1. The average molecular weight is 326 g/mol. The molecule has 1 aliphatic heterocycles. The van der Waals surface area contributed by atoms with E-state index >= 15 is 0 Å². The second kappa shape index (κ2) is 7.40. The number of anilines is 1. The molecule has 3 rings (SSSR count). The molecule has 1 amide bonds. The lowest BCUT2D eigenvalue weighted by molar-refractivity contribution is -0.120. The van der Waals surface area contributed by atoms with E-state index in [1.54, 1.807) is 25.6 Å². The molecule has 24 heavy (non-hydrogen) atoms. The van der Waals surface area contributed by atoms with Crippen LogP contribution in [0.5, 0.6) is 5.75 Å². The van der Waals surface area contributed by atoms with Gasteiger partial charge in [0.05, 0.1) is 25.4 Å². The fourth-order valence-corrected chi connectivity index (χ4v) is 3.04. The highest BCUT2D eigenvalue weighted by atomic mass is 16.5. The maximum atomic E-state index is 12.7. The number of hydrogen-bond donors (Lipinski definition) is 1. The molecular formula is C18H22N4O2. The van der Waals surface area contributed by atoms with Gasteiger partial charge in [0.15, 0.2) is 0 Å². The monoisotopic (exact) mass is 326 g/mol. The third kappa shape index (κ3) is 3.71. The summed E-state index contributed by atoms with van der Waals surface area (Å²) >= 11 is 0. The predicted molar refractivity (Wildman–Crippen MR) is 91.8 cm³/mol. The van der Waals surface area contributed by atoms with Gasteiger partial charge in [0.2, 0.25) is 5.91 Å². The molecule has 2 heterocycles. The molecule has 1 N–H and O–H groups in total. The van der Waals surface area contributed by atoms with Crippen LogP contribution in [0.15, 0.2) is 36.7 Å². The van der Waals surface area contributed by atoms with Gasteiger partial charge in [0, 0.05) is 12.4 Å². The molecule has 6 nitrogen and oxygen atoms in total. The summed E-state index contributed by atoms with van der Waals surface area (Å²) in [5, 5.41) is 3.01. The minimum absolute atomic E-state index is 0.00710. The fraction of sp³-hybridized carbons (Fsp3) is 0.389. The van der Waals surface area contributed by atoms with Crippen molar-refractivity contribution in [2.75, 3.05) is 19.0 Å². The van der Waals surface area contributed by atoms with Gasteiger partial charge in [-0.05, 0) is 50.1 Å². The standard InChI is InChI=1S/C18H22N4O2/c1-13-6-7-16(24-2)14(11-13)21-18(23)15-5-3-10-22(15)12-17-19-8-4-9-20-17/h4,6-9,11,15H,3,5,10,12H2,1-2H3,(H,21,23). The number of nitrogens with one attached hydrogen (secondary N) is 1. The molecule has 1 aromatic heterocycles. The van der Waals surface area contributed by atoms with Crippen LogP contribution in [-0.4, -0.2) is 40.5 Å². The van der Waals surface area contributed by atoms with Crippen molar-refractivity contribution >= 4 is 11.6 Å². The van der Waals surface area contributed by atoms with Gasteiger partial charge in [-0.25, -0.2) is 9.97 Å². The molecule has 0 saturated carbocycles. The molecule has 1 unspecified atom stereocenters. The smallest absolute Gasteiger partial charge is 0.241 e. The molecule has 1 aromatic carbocycles. The van der Waals surface area contributed by atoms with Crippen LogP contribution >= 0.6 is 0 Å². The minimum Gasteiger partial charge on any atom is -0.495 e.